The lowest BCUT2D eigenvalue weighted by atomic mass is 9.98. The number of pyridine rings is 1. The van der Waals surface area contributed by atoms with Crippen LogP contribution >= 0.6 is 11.3 Å². The van der Waals surface area contributed by atoms with Crippen molar-refractivity contribution in [3.8, 4) is 11.1 Å². The molecule has 0 atom stereocenters. The highest BCUT2D eigenvalue weighted by Crippen LogP contribution is 2.32. The highest BCUT2D eigenvalue weighted by Gasteiger charge is 2.33. The Balaban J connectivity index is 1.30. The molecule has 1 saturated heterocycles. The van der Waals surface area contributed by atoms with E-state index in [1.165, 1.54) is 6.07 Å². The number of anilines is 2. The second kappa shape index (κ2) is 9.45. The van der Waals surface area contributed by atoms with Crippen LogP contribution in [0, 0.1) is 5.82 Å². The van der Waals surface area contributed by atoms with Crippen LogP contribution in [0.5, 0.6) is 0 Å². The number of amides is 1. The van der Waals surface area contributed by atoms with Crippen molar-refractivity contribution in [2.24, 2.45) is 0 Å². The topological polar surface area (TPSA) is 61.4 Å². The fourth-order valence-corrected chi connectivity index (χ4v) is 5.65. The highest BCUT2D eigenvalue weighted by molar-refractivity contribution is 7.16. The van der Waals surface area contributed by atoms with Gasteiger partial charge in [-0.05, 0) is 75.0 Å². The van der Waals surface area contributed by atoms with E-state index >= 15 is 4.39 Å². The molecule has 0 saturated carbocycles. The van der Waals surface area contributed by atoms with Crippen LogP contribution in [0.4, 0.5) is 15.8 Å². The van der Waals surface area contributed by atoms with Gasteiger partial charge < -0.3 is 10.2 Å². The van der Waals surface area contributed by atoms with Crippen LogP contribution in [-0.4, -0.2) is 57.9 Å². The maximum Gasteiger partial charge on any atom is 0.254 e. The number of aromatic nitrogens is 2. The monoisotopic (exact) mass is 525 g/mol. The Morgan fingerprint density at radius 1 is 1.00 bits per heavy atom. The Hall–Kier alpha value is -3.88. The summed E-state index contributed by atoms with van der Waals surface area (Å²) in [5.41, 5.74) is 6.79. The zero-order valence-electron chi connectivity index (χ0n) is 21.5. The van der Waals surface area contributed by atoms with E-state index in [4.69, 9.17) is 0 Å². The fourth-order valence-electron chi connectivity index (χ4n) is 4.99. The standard InChI is InChI=1S/C30H28FN5OS/c1-30(2)17-36(13-12-35(30)3)29(37)20-4-7-22(24(31)15-20)19-5-8-25-23(14-19)26(10-11-32-25)34-21-6-9-28-27(16-21)33-18-38-28/h4-11,14-16,18H,12-13,17H2,1-3H3,(H,32,34). The van der Waals surface area contributed by atoms with Gasteiger partial charge in [-0.3, -0.25) is 14.7 Å². The van der Waals surface area contributed by atoms with E-state index in [-0.39, 0.29) is 11.4 Å². The molecule has 0 aliphatic carbocycles. The first-order valence-electron chi connectivity index (χ1n) is 12.6. The molecule has 1 aliphatic heterocycles. The van der Waals surface area contributed by atoms with Gasteiger partial charge in [0.15, 0.2) is 0 Å². The zero-order valence-corrected chi connectivity index (χ0v) is 22.3. The number of nitrogens with one attached hydrogen (secondary N) is 1. The Kier molecular flexibility index (Phi) is 6.08. The summed E-state index contributed by atoms with van der Waals surface area (Å²) in [5.74, 6) is -0.557. The van der Waals surface area contributed by atoms with Gasteiger partial charge in [0.2, 0.25) is 0 Å². The molecular formula is C30H28FN5OS. The van der Waals surface area contributed by atoms with E-state index in [0.29, 0.717) is 24.2 Å². The fraction of sp³-hybridized carbons (Fsp3) is 0.233. The molecule has 8 heteroatoms. The normalized spacial score (nSPS) is 15.7. The quantitative estimate of drug-likeness (QED) is 0.288. The van der Waals surface area contributed by atoms with Crippen molar-refractivity contribution >= 4 is 49.7 Å². The number of rotatable bonds is 4. The molecule has 5 aromatic rings. The molecule has 1 N–H and O–H groups in total. The zero-order chi connectivity index (χ0) is 26.4. The van der Waals surface area contributed by atoms with Crippen molar-refractivity contribution < 1.29 is 9.18 Å². The summed E-state index contributed by atoms with van der Waals surface area (Å²) in [6.45, 7) is 6.26. The van der Waals surface area contributed by atoms with Crippen molar-refractivity contribution in [3.05, 3.63) is 83.8 Å². The minimum absolute atomic E-state index is 0.122. The van der Waals surface area contributed by atoms with Crippen LogP contribution in [0.2, 0.25) is 0 Å². The molecule has 1 amide bonds. The minimum atomic E-state index is -0.420. The molecule has 0 unspecified atom stereocenters. The van der Waals surface area contributed by atoms with Crippen LogP contribution in [0.25, 0.3) is 32.2 Å². The van der Waals surface area contributed by atoms with Gasteiger partial charge >= 0.3 is 0 Å². The average molecular weight is 526 g/mol. The maximum absolute atomic E-state index is 15.4. The third kappa shape index (κ3) is 4.50. The van der Waals surface area contributed by atoms with Crippen LogP contribution in [-0.2, 0) is 0 Å². The van der Waals surface area contributed by atoms with E-state index in [1.807, 2.05) is 52.9 Å². The number of likely N-dealkylation sites (N-methyl/N-ethyl adjacent to an activating group) is 1. The Morgan fingerprint density at radius 3 is 2.68 bits per heavy atom. The third-order valence-electron chi connectivity index (χ3n) is 7.48. The summed E-state index contributed by atoms with van der Waals surface area (Å²) < 4.78 is 16.6. The van der Waals surface area contributed by atoms with Gasteiger partial charge in [0.1, 0.15) is 5.82 Å². The van der Waals surface area contributed by atoms with Gasteiger partial charge in [0.25, 0.3) is 5.91 Å². The van der Waals surface area contributed by atoms with E-state index in [2.05, 4.69) is 41.1 Å². The number of carbonyl (C=O) groups excluding carboxylic acids is 1. The predicted octanol–water partition coefficient (Wildman–Crippen LogP) is 6.56. The molecule has 0 spiro atoms. The molecule has 6 rings (SSSR count). The van der Waals surface area contributed by atoms with Crippen LogP contribution in [0.3, 0.4) is 0 Å². The Labute approximate surface area is 224 Å². The number of halogens is 1. The SMILES string of the molecule is CN1CCN(C(=O)c2ccc(-c3ccc4nccc(Nc5ccc6scnc6c5)c4c3)c(F)c2)CC1(C)C. The number of piperazine rings is 1. The summed E-state index contributed by atoms with van der Waals surface area (Å²) in [6, 6.07) is 18.5. The van der Waals surface area contributed by atoms with Gasteiger partial charge in [-0.15, -0.1) is 11.3 Å². The Morgan fingerprint density at radius 2 is 1.87 bits per heavy atom. The van der Waals surface area contributed by atoms with E-state index < -0.39 is 5.82 Å². The number of thiazole rings is 1. The van der Waals surface area contributed by atoms with Crippen molar-refractivity contribution in [2.45, 2.75) is 19.4 Å². The number of benzene rings is 3. The summed E-state index contributed by atoms with van der Waals surface area (Å²) >= 11 is 1.61. The predicted molar refractivity (Wildman–Crippen MR) is 153 cm³/mol. The van der Waals surface area contributed by atoms with Crippen LogP contribution in [0.1, 0.15) is 24.2 Å². The lowest BCUT2D eigenvalue weighted by molar-refractivity contribution is 0.0311. The molecule has 0 bridgehead atoms. The van der Waals surface area contributed by atoms with Gasteiger partial charge in [-0.2, -0.15) is 0 Å². The molecule has 1 fully saturated rings. The van der Waals surface area contributed by atoms with Crippen LogP contribution in [0.15, 0.2) is 72.4 Å². The van der Waals surface area contributed by atoms with Crippen molar-refractivity contribution in [1.82, 2.24) is 19.8 Å². The van der Waals surface area contributed by atoms with E-state index in [9.17, 15) is 4.79 Å². The number of fused-ring (bicyclic) bond motifs is 2. The second-order valence-electron chi connectivity index (χ2n) is 10.4. The summed E-state index contributed by atoms with van der Waals surface area (Å²) in [5, 5.41) is 4.35. The molecule has 3 aromatic carbocycles. The molecule has 38 heavy (non-hydrogen) atoms. The molecule has 6 nitrogen and oxygen atoms in total. The first-order valence-corrected chi connectivity index (χ1v) is 13.5. The first kappa shape index (κ1) is 24.5. The van der Waals surface area contributed by atoms with Gasteiger partial charge in [0, 0.05) is 59.3 Å². The largest absolute Gasteiger partial charge is 0.355 e. The molecular weight excluding hydrogens is 497 g/mol. The average Bonchev–Trinajstić information content (AvgIpc) is 3.38. The van der Waals surface area contributed by atoms with Crippen molar-refractivity contribution in [3.63, 3.8) is 0 Å². The lowest BCUT2D eigenvalue weighted by Crippen LogP contribution is -2.58. The van der Waals surface area contributed by atoms with E-state index in [0.717, 1.165) is 44.6 Å². The lowest BCUT2D eigenvalue weighted by Gasteiger charge is -2.45. The maximum atomic E-state index is 15.4. The number of hydrogen-bond acceptors (Lipinski definition) is 6. The third-order valence-corrected chi connectivity index (χ3v) is 8.29. The van der Waals surface area contributed by atoms with E-state index in [1.54, 1.807) is 29.7 Å². The number of carbonyl (C=O) groups is 1. The number of nitrogens with zero attached hydrogens (tertiary/aromatic N) is 4. The van der Waals surface area contributed by atoms with Crippen LogP contribution < -0.4 is 5.32 Å². The van der Waals surface area contributed by atoms with Gasteiger partial charge in [-0.1, -0.05) is 12.1 Å². The minimum Gasteiger partial charge on any atom is -0.355 e. The highest BCUT2D eigenvalue weighted by atomic mass is 32.1. The summed E-state index contributed by atoms with van der Waals surface area (Å²) in [4.78, 5) is 26.1. The summed E-state index contributed by atoms with van der Waals surface area (Å²) in [7, 11) is 2.07. The molecule has 0 radical (unpaired) electrons. The Bertz CT molecular complexity index is 1680. The van der Waals surface area contributed by atoms with Crippen molar-refractivity contribution in [2.75, 3.05) is 32.0 Å². The van der Waals surface area contributed by atoms with Gasteiger partial charge in [0.05, 0.1) is 21.2 Å². The first-order chi connectivity index (χ1) is 18.3. The molecule has 2 aromatic heterocycles. The molecule has 1 aliphatic rings. The summed E-state index contributed by atoms with van der Waals surface area (Å²) in [6.07, 6.45) is 1.76. The molecule has 3 heterocycles. The van der Waals surface area contributed by atoms with Crippen molar-refractivity contribution in [1.29, 1.82) is 0 Å². The molecule has 192 valence electrons. The number of hydrogen-bond donors (Lipinski definition) is 1. The second-order valence-corrected chi connectivity index (χ2v) is 11.3. The van der Waals surface area contributed by atoms with Gasteiger partial charge in [-0.25, -0.2) is 9.37 Å². The smallest absolute Gasteiger partial charge is 0.254 e.